The third-order valence-electron chi connectivity index (χ3n) is 5.51. The van der Waals surface area contributed by atoms with Gasteiger partial charge in [0, 0.05) is 30.6 Å². The van der Waals surface area contributed by atoms with Gasteiger partial charge in [-0.2, -0.15) is 5.10 Å². The Balaban J connectivity index is 1.53. The largest absolute Gasteiger partial charge is 0.497 e. The summed E-state index contributed by atoms with van der Waals surface area (Å²) in [7, 11) is 5.05. The Morgan fingerprint density at radius 1 is 1.14 bits per heavy atom. The molecule has 1 fully saturated rings. The maximum absolute atomic E-state index is 13.1. The molecule has 0 unspecified atom stereocenters. The summed E-state index contributed by atoms with van der Waals surface area (Å²) in [4.78, 5) is 16.5. The molecule has 29 heavy (non-hydrogen) atoms. The van der Waals surface area contributed by atoms with Crippen molar-refractivity contribution < 1.29 is 14.3 Å². The van der Waals surface area contributed by atoms with Gasteiger partial charge in [-0.05, 0) is 54.5 Å². The Bertz CT molecular complexity index is 989. The summed E-state index contributed by atoms with van der Waals surface area (Å²) in [5.41, 5.74) is 2.08. The smallest absolute Gasteiger partial charge is 0.272 e. The van der Waals surface area contributed by atoms with Gasteiger partial charge in [0.05, 0.1) is 19.9 Å². The third-order valence-corrected chi connectivity index (χ3v) is 6.54. The summed E-state index contributed by atoms with van der Waals surface area (Å²) >= 11 is 1.81. The highest BCUT2D eigenvalue weighted by Crippen LogP contribution is 2.34. The second-order valence-electron chi connectivity index (χ2n) is 7.19. The van der Waals surface area contributed by atoms with E-state index in [4.69, 9.17) is 9.47 Å². The molecule has 152 valence electrons. The molecule has 0 saturated carbocycles. The van der Waals surface area contributed by atoms with Gasteiger partial charge in [0.15, 0.2) is 0 Å². The van der Waals surface area contributed by atoms with Gasteiger partial charge < -0.3 is 14.4 Å². The number of hydrogen-bond acceptors (Lipinski definition) is 5. The molecule has 0 bridgehead atoms. The summed E-state index contributed by atoms with van der Waals surface area (Å²) in [6.07, 6.45) is 2.00. The third kappa shape index (κ3) is 3.87. The van der Waals surface area contributed by atoms with E-state index in [1.807, 2.05) is 36.2 Å². The van der Waals surface area contributed by atoms with E-state index in [1.54, 1.807) is 30.2 Å². The molecule has 1 aliphatic heterocycles. The van der Waals surface area contributed by atoms with Crippen molar-refractivity contribution in [2.45, 2.75) is 18.8 Å². The Morgan fingerprint density at radius 3 is 2.59 bits per heavy atom. The SMILES string of the molecule is COc1ccc(OC)c(-c2cc(C(=O)N3CCC(c4cccs4)CC3)n(C)n2)c1. The number of aromatic nitrogens is 2. The Hall–Kier alpha value is -2.80. The van der Waals surface area contributed by atoms with E-state index in [-0.39, 0.29) is 5.91 Å². The van der Waals surface area contributed by atoms with Crippen molar-refractivity contribution in [1.82, 2.24) is 14.7 Å². The van der Waals surface area contributed by atoms with Gasteiger partial charge in [0.1, 0.15) is 17.2 Å². The predicted octanol–water partition coefficient (Wildman–Crippen LogP) is 4.19. The Morgan fingerprint density at radius 2 is 1.93 bits per heavy atom. The number of carbonyl (C=O) groups is 1. The number of piperidine rings is 1. The first kappa shape index (κ1) is 19.5. The molecule has 0 aliphatic carbocycles. The number of aryl methyl sites for hydroxylation is 1. The zero-order valence-electron chi connectivity index (χ0n) is 16.9. The van der Waals surface area contributed by atoms with E-state index in [0.29, 0.717) is 23.1 Å². The minimum atomic E-state index is 0.0257. The average Bonchev–Trinajstić information content (AvgIpc) is 3.43. The molecule has 3 aromatic rings. The highest BCUT2D eigenvalue weighted by Gasteiger charge is 2.27. The van der Waals surface area contributed by atoms with E-state index >= 15 is 0 Å². The lowest BCUT2D eigenvalue weighted by atomic mass is 9.95. The van der Waals surface area contributed by atoms with Crippen LogP contribution in [0.15, 0.2) is 41.8 Å². The van der Waals surface area contributed by atoms with Gasteiger partial charge in [-0.3, -0.25) is 9.48 Å². The number of carbonyl (C=O) groups excluding carboxylic acids is 1. The van der Waals surface area contributed by atoms with Crippen LogP contribution in [0.2, 0.25) is 0 Å². The lowest BCUT2D eigenvalue weighted by Gasteiger charge is -2.31. The summed E-state index contributed by atoms with van der Waals surface area (Å²) in [5, 5.41) is 6.69. The molecule has 1 saturated heterocycles. The van der Waals surface area contributed by atoms with Gasteiger partial charge in [0.2, 0.25) is 0 Å². The van der Waals surface area contributed by atoms with Crippen LogP contribution in [-0.4, -0.2) is 47.9 Å². The standard InChI is InChI=1S/C22H25N3O3S/c1-24-19(14-18(23-24)17-13-16(27-2)6-7-20(17)28-3)22(26)25-10-8-15(9-11-25)21-5-4-12-29-21/h4-7,12-15H,8-11H2,1-3H3. The quantitative estimate of drug-likeness (QED) is 0.632. The topological polar surface area (TPSA) is 56.6 Å². The number of benzene rings is 1. The molecule has 1 amide bonds. The molecule has 0 spiro atoms. The van der Waals surface area contributed by atoms with E-state index in [2.05, 4.69) is 22.6 Å². The highest BCUT2D eigenvalue weighted by molar-refractivity contribution is 7.10. The number of methoxy groups -OCH3 is 2. The van der Waals surface area contributed by atoms with Crippen molar-refractivity contribution in [2.75, 3.05) is 27.3 Å². The summed E-state index contributed by atoms with van der Waals surface area (Å²) < 4.78 is 12.5. The van der Waals surface area contributed by atoms with E-state index in [1.165, 1.54) is 4.88 Å². The number of ether oxygens (including phenoxy) is 2. The fourth-order valence-corrected chi connectivity index (χ4v) is 4.77. The van der Waals surface area contributed by atoms with Crippen LogP contribution >= 0.6 is 11.3 Å². The van der Waals surface area contributed by atoms with Crippen LogP contribution in [0.25, 0.3) is 11.3 Å². The van der Waals surface area contributed by atoms with Crippen molar-refractivity contribution >= 4 is 17.2 Å². The van der Waals surface area contributed by atoms with Crippen LogP contribution < -0.4 is 9.47 Å². The first-order valence-electron chi connectivity index (χ1n) is 9.70. The number of likely N-dealkylation sites (tertiary alicyclic amines) is 1. The van der Waals surface area contributed by atoms with Gasteiger partial charge in [0.25, 0.3) is 5.91 Å². The summed E-state index contributed by atoms with van der Waals surface area (Å²) in [5.74, 6) is 1.99. The molecule has 6 nitrogen and oxygen atoms in total. The predicted molar refractivity (Wildman–Crippen MR) is 114 cm³/mol. The monoisotopic (exact) mass is 411 g/mol. The molecule has 1 aromatic carbocycles. The van der Waals surface area contributed by atoms with Crippen molar-refractivity contribution in [2.24, 2.45) is 7.05 Å². The maximum Gasteiger partial charge on any atom is 0.272 e. The number of amides is 1. The van der Waals surface area contributed by atoms with Crippen LogP contribution in [-0.2, 0) is 7.05 Å². The molecule has 0 atom stereocenters. The second-order valence-corrected chi connectivity index (χ2v) is 8.17. The van der Waals surface area contributed by atoms with Crippen LogP contribution in [0.3, 0.4) is 0 Å². The zero-order valence-corrected chi connectivity index (χ0v) is 17.7. The van der Waals surface area contributed by atoms with Crippen molar-refractivity contribution in [1.29, 1.82) is 0 Å². The van der Waals surface area contributed by atoms with Gasteiger partial charge >= 0.3 is 0 Å². The minimum absolute atomic E-state index is 0.0257. The molecule has 3 heterocycles. The first-order chi connectivity index (χ1) is 14.1. The molecule has 4 rings (SSSR count). The van der Waals surface area contributed by atoms with Crippen LogP contribution in [0.4, 0.5) is 0 Å². The Labute approximate surface area is 174 Å². The molecule has 0 N–H and O–H groups in total. The second kappa shape index (κ2) is 8.29. The molecule has 7 heteroatoms. The fraction of sp³-hybridized carbons (Fsp3) is 0.364. The van der Waals surface area contributed by atoms with E-state index in [9.17, 15) is 4.79 Å². The molecular formula is C22H25N3O3S. The molecule has 2 aromatic heterocycles. The fourth-order valence-electron chi connectivity index (χ4n) is 3.87. The number of thiophene rings is 1. The van der Waals surface area contributed by atoms with E-state index < -0.39 is 0 Å². The molecule has 1 aliphatic rings. The van der Waals surface area contributed by atoms with Crippen molar-refractivity contribution in [3.63, 3.8) is 0 Å². The van der Waals surface area contributed by atoms with Crippen molar-refractivity contribution in [3.8, 4) is 22.8 Å². The normalized spacial score (nSPS) is 14.8. The number of rotatable bonds is 5. The van der Waals surface area contributed by atoms with Crippen LogP contribution in [0.5, 0.6) is 11.5 Å². The maximum atomic E-state index is 13.1. The summed E-state index contributed by atoms with van der Waals surface area (Å²) in [6.45, 7) is 1.54. The van der Waals surface area contributed by atoms with E-state index in [0.717, 1.165) is 37.2 Å². The minimum Gasteiger partial charge on any atom is -0.497 e. The molecular weight excluding hydrogens is 386 g/mol. The van der Waals surface area contributed by atoms with Gasteiger partial charge in [-0.15, -0.1) is 11.3 Å². The lowest BCUT2D eigenvalue weighted by molar-refractivity contribution is 0.0702. The van der Waals surface area contributed by atoms with Crippen LogP contribution in [0, 0.1) is 0 Å². The van der Waals surface area contributed by atoms with Crippen molar-refractivity contribution in [3.05, 3.63) is 52.3 Å². The average molecular weight is 412 g/mol. The van der Waals surface area contributed by atoms with Crippen LogP contribution in [0.1, 0.15) is 34.1 Å². The van der Waals surface area contributed by atoms with Gasteiger partial charge in [-0.25, -0.2) is 0 Å². The number of hydrogen-bond donors (Lipinski definition) is 0. The summed E-state index contributed by atoms with van der Waals surface area (Å²) in [6, 6.07) is 11.7. The Kier molecular flexibility index (Phi) is 5.58. The number of nitrogens with zero attached hydrogens (tertiary/aromatic N) is 3. The molecule has 0 radical (unpaired) electrons. The first-order valence-corrected chi connectivity index (χ1v) is 10.6. The zero-order chi connectivity index (χ0) is 20.4. The lowest BCUT2D eigenvalue weighted by Crippen LogP contribution is -2.38. The highest BCUT2D eigenvalue weighted by atomic mass is 32.1. The van der Waals surface area contributed by atoms with Gasteiger partial charge in [-0.1, -0.05) is 6.07 Å².